The number of nitrogens with one attached hydrogen (secondary N) is 1. The number of rotatable bonds is 5. The highest BCUT2D eigenvalue weighted by molar-refractivity contribution is 6.06. The van der Waals surface area contributed by atoms with E-state index in [1.807, 2.05) is 12.1 Å². The molecule has 0 aliphatic heterocycles. The van der Waals surface area contributed by atoms with Gasteiger partial charge in [0.2, 0.25) is 11.5 Å². The molecule has 3 N–H and O–H groups in total. The minimum atomic E-state index is -1.56. The molecule has 7 heteroatoms. The van der Waals surface area contributed by atoms with Crippen LogP contribution in [0.1, 0.15) is 21.7 Å². The van der Waals surface area contributed by atoms with E-state index in [4.69, 9.17) is 10.2 Å². The van der Waals surface area contributed by atoms with E-state index in [1.165, 1.54) is 6.07 Å². The first-order valence-corrected chi connectivity index (χ1v) is 5.67. The predicted molar refractivity (Wildman–Crippen MR) is 68.3 cm³/mol. The van der Waals surface area contributed by atoms with E-state index >= 15 is 0 Å². The molecule has 0 spiro atoms. The van der Waals surface area contributed by atoms with Gasteiger partial charge < -0.3 is 10.2 Å². The summed E-state index contributed by atoms with van der Waals surface area (Å²) in [6.07, 6.45) is 4.45. The maximum atomic E-state index is 11.6. The zero-order valence-electron chi connectivity index (χ0n) is 10.3. The van der Waals surface area contributed by atoms with Crippen molar-refractivity contribution in [3.05, 3.63) is 59.4 Å². The van der Waals surface area contributed by atoms with E-state index in [0.717, 1.165) is 5.56 Å². The molecule has 7 nitrogen and oxygen atoms in total. The average molecular weight is 273 g/mol. The Hall–Kier alpha value is -2.96. The Balaban J connectivity index is 2.11. The Morgan fingerprint density at radius 1 is 1.25 bits per heavy atom. The fraction of sp³-hybridized carbons (Fsp3) is 0.0769. The smallest absolute Gasteiger partial charge is 0.371 e. The molecule has 0 aromatic carbocycles. The maximum Gasteiger partial charge on any atom is 0.371 e. The Bertz CT molecular complexity index is 661. The van der Waals surface area contributed by atoms with E-state index in [0.29, 0.717) is 18.2 Å². The minimum absolute atomic E-state index is 0.113. The molecule has 102 valence electrons. The summed E-state index contributed by atoms with van der Waals surface area (Å²) in [5.74, 6) is -3.23. The molecule has 0 aliphatic rings. The number of carbonyl (C=O) groups is 2. The zero-order valence-corrected chi connectivity index (χ0v) is 10.3. The molecule has 2 aromatic heterocycles. The summed E-state index contributed by atoms with van der Waals surface area (Å²) in [7, 11) is 0. The fourth-order valence-corrected chi connectivity index (χ4v) is 1.55. The third-order valence-corrected chi connectivity index (χ3v) is 2.52. The molecule has 0 aliphatic carbocycles. The summed E-state index contributed by atoms with van der Waals surface area (Å²) in [6, 6.07) is 5.16. The SMILES string of the molecule is O=C(O)C(O)=CC(=O)c1cc(Cc2ccncc2)n[nH]1. The van der Waals surface area contributed by atoms with Crippen molar-refractivity contribution in [2.24, 2.45) is 0 Å². The van der Waals surface area contributed by atoms with Gasteiger partial charge in [0, 0.05) is 24.9 Å². The van der Waals surface area contributed by atoms with Crippen LogP contribution in [0.3, 0.4) is 0 Å². The first-order chi connectivity index (χ1) is 9.56. The van der Waals surface area contributed by atoms with Crippen molar-refractivity contribution in [3.63, 3.8) is 0 Å². The second-order valence-electron chi connectivity index (χ2n) is 4.00. The Kier molecular flexibility index (Phi) is 3.90. The van der Waals surface area contributed by atoms with E-state index in [2.05, 4.69) is 15.2 Å². The van der Waals surface area contributed by atoms with Gasteiger partial charge in [-0.25, -0.2) is 4.79 Å². The van der Waals surface area contributed by atoms with Gasteiger partial charge in [0.1, 0.15) is 5.69 Å². The number of carboxylic acids is 1. The molecular weight excluding hydrogens is 262 g/mol. The van der Waals surface area contributed by atoms with Crippen molar-refractivity contribution in [1.29, 1.82) is 0 Å². The summed E-state index contributed by atoms with van der Waals surface area (Å²) in [5.41, 5.74) is 1.72. The number of aromatic nitrogens is 3. The van der Waals surface area contributed by atoms with Crippen molar-refractivity contribution in [2.75, 3.05) is 0 Å². The van der Waals surface area contributed by atoms with Crippen LogP contribution >= 0.6 is 0 Å². The third kappa shape index (κ3) is 3.29. The summed E-state index contributed by atoms with van der Waals surface area (Å²) >= 11 is 0. The molecule has 2 aromatic rings. The van der Waals surface area contributed by atoms with E-state index in [9.17, 15) is 9.59 Å². The number of pyridine rings is 1. The first kappa shape index (κ1) is 13.5. The summed E-state index contributed by atoms with van der Waals surface area (Å²) in [4.78, 5) is 26.0. The van der Waals surface area contributed by atoms with Crippen LogP contribution < -0.4 is 0 Å². The monoisotopic (exact) mass is 273 g/mol. The number of hydrogen-bond acceptors (Lipinski definition) is 5. The van der Waals surface area contributed by atoms with Crippen LogP contribution in [0.2, 0.25) is 0 Å². The lowest BCUT2D eigenvalue weighted by molar-refractivity contribution is -0.135. The number of nitrogens with zero attached hydrogens (tertiary/aromatic N) is 2. The number of hydrogen-bond donors (Lipinski definition) is 3. The lowest BCUT2D eigenvalue weighted by Gasteiger charge is -1.95. The van der Waals surface area contributed by atoms with Crippen molar-refractivity contribution in [1.82, 2.24) is 15.2 Å². The van der Waals surface area contributed by atoms with Crippen LogP contribution in [0, 0.1) is 0 Å². The van der Waals surface area contributed by atoms with Gasteiger partial charge in [0.25, 0.3) is 0 Å². The van der Waals surface area contributed by atoms with Crippen molar-refractivity contribution in [2.45, 2.75) is 6.42 Å². The normalized spacial score (nSPS) is 11.3. The number of aliphatic hydroxyl groups excluding tert-OH is 1. The van der Waals surface area contributed by atoms with Crippen LogP contribution in [0.15, 0.2) is 42.4 Å². The molecular formula is C13H11N3O4. The highest BCUT2D eigenvalue weighted by atomic mass is 16.4. The molecule has 0 saturated heterocycles. The second kappa shape index (κ2) is 5.79. The molecule has 0 saturated carbocycles. The number of allylic oxidation sites excluding steroid dienone is 1. The first-order valence-electron chi connectivity index (χ1n) is 5.67. The zero-order chi connectivity index (χ0) is 14.5. The predicted octanol–water partition coefficient (Wildman–Crippen LogP) is 1.10. The molecule has 2 heterocycles. The van der Waals surface area contributed by atoms with Gasteiger partial charge >= 0.3 is 5.97 Å². The molecule has 0 fully saturated rings. The highest BCUT2D eigenvalue weighted by Gasteiger charge is 2.12. The van der Waals surface area contributed by atoms with Crippen LogP contribution in [-0.4, -0.2) is 37.1 Å². The fourth-order valence-electron chi connectivity index (χ4n) is 1.55. The van der Waals surface area contributed by atoms with Gasteiger partial charge in [0.05, 0.1) is 5.69 Å². The van der Waals surface area contributed by atoms with Gasteiger partial charge in [-0.15, -0.1) is 0 Å². The number of carboxylic acid groups (broad SMARTS) is 1. The summed E-state index contributed by atoms with van der Waals surface area (Å²) in [6.45, 7) is 0. The van der Waals surface area contributed by atoms with E-state index < -0.39 is 17.5 Å². The topological polar surface area (TPSA) is 116 Å². The van der Waals surface area contributed by atoms with Gasteiger partial charge in [-0.3, -0.25) is 14.9 Å². The molecule has 0 atom stereocenters. The lowest BCUT2D eigenvalue weighted by atomic mass is 10.1. The molecule has 0 amide bonds. The number of H-pyrrole nitrogens is 1. The molecule has 2 rings (SSSR count). The minimum Gasteiger partial charge on any atom is -0.502 e. The Labute approximate surface area is 113 Å². The Morgan fingerprint density at radius 2 is 1.95 bits per heavy atom. The summed E-state index contributed by atoms with van der Waals surface area (Å²) < 4.78 is 0. The third-order valence-electron chi connectivity index (χ3n) is 2.52. The van der Waals surface area contributed by atoms with E-state index in [-0.39, 0.29) is 5.69 Å². The quantitative estimate of drug-likeness (QED) is 0.427. The number of ketones is 1. The van der Waals surface area contributed by atoms with Crippen LogP contribution in [0.25, 0.3) is 0 Å². The maximum absolute atomic E-state index is 11.6. The number of aliphatic hydroxyl groups is 1. The van der Waals surface area contributed by atoms with Crippen LogP contribution in [0.4, 0.5) is 0 Å². The second-order valence-corrected chi connectivity index (χ2v) is 4.00. The van der Waals surface area contributed by atoms with Gasteiger partial charge in [0.15, 0.2) is 0 Å². The van der Waals surface area contributed by atoms with Crippen LogP contribution in [0.5, 0.6) is 0 Å². The van der Waals surface area contributed by atoms with E-state index in [1.54, 1.807) is 12.4 Å². The van der Waals surface area contributed by atoms with Crippen molar-refractivity contribution in [3.8, 4) is 0 Å². The standard InChI is InChI=1S/C13H11N3O4/c17-11(7-12(18)13(19)20)10-6-9(15-16-10)5-8-1-3-14-4-2-8/h1-4,6-7,18H,5H2,(H,15,16)(H,19,20). The van der Waals surface area contributed by atoms with Gasteiger partial charge in [-0.05, 0) is 23.8 Å². The van der Waals surface area contributed by atoms with Crippen molar-refractivity contribution >= 4 is 11.8 Å². The summed E-state index contributed by atoms with van der Waals surface area (Å²) in [5, 5.41) is 23.9. The van der Waals surface area contributed by atoms with Gasteiger partial charge in [-0.2, -0.15) is 5.10 Å². The largest absolute Gasteiger partial charge is 0.502 e. The average Bonchev–Trinajstić information content (AvgIpc) is 2.88. The Morgan fingerprint density at radius 3 is 2.60 bits per heavy atom. The molecule has 0 radical (unpaired) electrons. The molecule has 0 bridgehead atoms. The van der Waals surface area contributed by atoms with Gasteiger partial charge in [-0.1, -0.05) is 0 Å². The number of aromatic amines is 1. The lowest BCUT2D eigenvalue weighted by Crippen LogP contribution is -2.04. The highest BCUT2D eigenvalue weighted by Crippen LogP contribution is 2.08. The molecule has 20 heavy (non-hydrogen) atoms. The van der Waals surface area contributed by atoms with Crippen molar-refractivity contribution < 1.29 is 19.8 Å². The van der Waals surface area contributed by atoms with Crippen LogP contribution in [-0.2, 0) is 11.2 Å². The molecule has 0 unspecified atom stereocenters. The number of aliphatic carboxylic acids is 1. The number of carbonyl (C=O) groups excluding carboxylic acids is 1.